The maximum absolute atomic E-state index is 13.3. The van der Waals surface area contributed by atoms with E-state index in [1.54, 1.807) is 0 Å². The largest absolute Gasteiger partial charge is 0.468 e. The van der Waals surface area contributed by atoms with Crippen LogP contribution in [0.1, 0.15) is 11.6 Å². The van der Waals surface area contributed by atoms with E-state index in [2.05, 4.69) is 5.32 Å². The van der Waals surface area contributed by atoms with Crippen LogP contribution in [0.3, 0.4) is 0 Å². The molecule has 2 amide bonds. The SMILES string of the molecule is COC(=O)[C@@H]1N[C@H](c2ccc([N+](=O)[O-])cc2)[C@@H]2C(=O)N(c3ccc(F)cc3)C(=O)[C@@H]21. The van der Waals surface area contributed by atoms with Crippen LogP contribution in [0.25, 0.3) is 0 Å². The van der Waals surface area contributed by atoms with Gasteiger partial charge < -0.3 is 4.74 Å². The Morgan fingerprint density at radius 2 is 1.67 bits per heavy atom. The van der Waals surface area contributed by atoms with Crippen LogP contribution in [-0.4, -0.2) is 35.9 Å². The molecule has 0 saturated carbocycles. The van der Waals surface area contributed by atoms with Crippen LogP contribution < -0.4 is 10.2 Å². The number of fused-ring (bicyclic) bond motifs is 1. The van der Waals surface area contributed by atoms with Crippen molar-refractivity contribution >= 4 is 29.2 Å². The maximum Gasteiger partial charge on any atom is 0.323 e. The predicted octanol–water partition coefficient (Wildman–Crippen LogP) is 1.73. The van der Waals surface area contributed by atoms with E-state index in [9.17, 15) is 28.9 Å². The number of hydrogen-bond donors (Lipinski definition) is 1. The number of esters is 1. The van der Waals surface area contributed by atoms with E-state index < -0.39 is 52.4 Å². The number of nitro benzene ring substituents is 1. The summed E-state index contributed by atoms with van der Waals surface area (Å²) in [6.07, 6.45) is 0. The summed E-state index contributed by atoms with van der Waals surface area (Å²) in [7, 11) is 1.18. The number of nitro groups is 1. The van der Waals surface area contributed by atoms with Crippen LogP contribution >= 0.6 is 0 Å². The van der Waals surface area contributed by atoms with Crippen LogP contribution in [0.15, 0.2) is 48.5 Å². The van der Waals surface area contributed by atoms with E-state index in [4.69, 9.17) is 4.74 Å². The molecule has 2 heterocycles. The van der Waals surface area contributed by atoms with E-state index >= 15 is 0 Å². The molecule has 30 heavy (non-hydrogen) atoms. The van der Waals surface area contributed by atoms with Gasteiger partial charge in [-0.25, -0.2) is 9.29 Å². The lowest BCUT2D eigenvalue weighted by molar-refractivity contribution is -0.384. The number of carbonyl (C=O) groups excluding carboxylic acids is 3. The molecule has 0 aliphatic carbocycles. The van der Waals surface area contributed by atoms with E-state index in [0.29, 0.717) is 5.56 Å². The number of methoxy groups -OCH3 is 1. The van der Waals surface area contributed by atoms with Crippen molar-refractivity contribution in [2.45, 2.75) is 12.1 Å². The number of nitrogens with one attached hydrogen (secondary N) is 1. The van der Waals surface area contributed by atoms with Crippen LogP contribution in [0.2, 0.25) is 0 Å². The van der Waals surface area contributed by atoms with Crippen molar-refractivity contribution in [3.8, 4) is 0 Å². The number of nitrogens with zero attached hydrogens (tertiary/aromatic N) is 2. The molecule has 154 valence electrons. The van der Waals surface area contributed by atoms with Gasteiger partial charge in [0.05, 0.1) is 29.6 Å². The summed E-state index contributed by atoms with van der Waals surface area (Å²) in [5.74, 6) is -4.29. The number of halogens is 1. The second-order valence-corrected chi connectivity index (χ2v) is 7.03. The summed E-state index contributed by atoms with van der Waals surface area (Å²) >= 11 is 0. The number of non-ortho nitro benzene ring substituents is 1. The van der Waals surface area contributed by atoms with Crippen molar-refractivity contribution < 1.29 is 28.4 Å². The number of anilines is 1. The lowest BCUT2D eigenvalue weighted by Gasteiger charge is -2.22. The Hall–Kier alpha value is -3.66. The molecule has 9 nitrogen and oxygen atoms in total. The fourth-order valence-corrected chi connectivity index (χ4v) is 4.11. The third-order valence-corrected chi connectivity index (χ3v) is 5.48. The number of benzene rings is 2. The first kappa shape index (κ1) is 19.6. The highest BCUT2D eigenvalue weighted by molar-refractivity contribution is 6.23. The molecule has 2 fully saturated rings. The second-order valence-electron chi connectivity index (χ2n) is 7.03. The molecule has 0 radical (unpaired) electrons. The summed E-state index contributed by atoms with van der Waals surface area (Å²) in [4.78, 5) is 49.9. The summed E-state index contributed by atoms with van der Waals surface area (Å²) < 4.78 is 18.1. The molecule has 2 saturated heterocycles. The average Bonchev–Trinajstić information content (AvgIpc) is 3.25. The topological polar surface area (TPSA) is 119 Å². The molecule has 10 heteroatoms. The molecule has 0 spiro atoms. The zero-order valence-corrected chi connectivity index (χ0v) is 15.7. The summed E-state index contributed by atoms with van der Waals surface area (Å²) in [6.45, 7) is 0. The number of amides is 2. The number of hydrogen-bond acceptors (Lipinski definition) is 7. The van der Waals surface area contributed by atoms with Gasteiger partial charge in [-0.1, -0.05) is 12.1 Å². The minimum atomic E-state index is -1.07. The maximum atomic E-state index is 13.3. The zero-order chi connectivity index (χ0) is 21.6. The Kier molecular flexibility index (Phi) is 4.78. The molecule has 1 N–H and O–H groups in total. The fraction of sp³-hybridized carbons (Fsp3) is 0.250. The number of imide groups is 1. The Morgan fingerprint density at radius 3 is 2.23 bits per heavy atom. The Morgan fingerprint density at radius 1 is 1.07 bits per heavy atom. The molecule has 2 aliphatic rings. The summed E-state index contributed by atoms with van der Waals surface area (Å²) in [5.41, 5.74) is 0.593. The van der Waals surface area contributed by atoms with Gasteiger partial charge in [-0.05, 0) is 29.8 Å². The third-order valence-electron chi connectivity index (χ3n) is 5.48. The molecule has 0 bridgehead atoms. The monoisotopic (exact) mass is 413 g/mol. The van der Waals surface area contributed by atoms with Gasteiger partial charge in [0, 0.05) is 18.2 Å². The number of rotatable bonds is 4. The van der Waals surface area contributed by atoms with Crippen molar-refractivity contribution in [2.24, 2.45) is 11.8 Å². The van der Waals surface area contributed by atoms with Gasteiger partial charge in [-0.15, -0.1) is 0 Å². The minimum absolute atomic E-state index is 0.125. The van der Waals surface area contributed by atoms with Gasteiger partial charge in [-0.2, -0.15) is 0 Å². The van der Waals surface area contributed by atoms with Gasteiger partial charge >= 0.3 is 5.97 Å². The Bertz CT molecular complexity index is 1040. The van der Waals surface area contributed by atoms with E-state index in [0.717, 1.165) is 17.0 Å². The third kappa shape index (κ3) is 3.01. The smallest absolute Gasteiger partial charge is 0.323 e. The van der Waals surface area contributed by atoms with Crippen LogP contribution in [0.5, 0.6) is 0 Å². The summed E-state index contributed by atoms with van der Waals surface area (Å²) in [5, 5.41) is 13.9. The Labute approximate surface area is 169 Å². The molecule has 4 atom stereocenters. The minimum Gasteiger partial charge on any atom is -0.468 e. The van der Waals surface area contributed by atoms with Gasteiger partial charge in [-0.3, -0.25) is 29.8 Å². The summed E-state index contributed by atoms with van der Waals surface area (Å²) in [6, 6.07) is 8.62. The van der Waals surface area contributed by atoms with Gasteiger partial charge in [0.25, 0.3) is 5.69 Å². The molecule has 2 aromatic carbocycles. The molecule has 2 aromatic rings. The fourth-order valence-electron chi connectivity index (χ4n) is 4.11. The molecule has 0 aromatic heterocycles. The van der Waals surface area contributed by atoms with Crippen molar-refractivity contribution in [1.82, 2.24) is 5.32 Å². The Balaban J connectivity index is 1.74. The average molecular weight is 413 g/mol. The molecular formula is C20H16FN3O6. The number of carbonyl (C=O) groups is 3. The second kappa shape index (κ2) is 7.30. The first-order chi connectivity index (χ1) is 14.3. The first-order valence-electron chi connectivity index (χ1n) is 9.05. The first-order valence-corrected chi connectivity index (χ1v) is 9.05. The van der Waals surface area contributed by atoms with Crippen LogP contribution in [-0.2, 0) is 19.1 Å². The van der Waals surface area contributed by atoms with E-state index in [1.807, 2.05) is 0 Å². The molecule has 0 unspecified atom stereocenters. The highest BCUT2D eigenvalue weighted by atomic mass is 19.1. The highest BCUT2D eigenvalue weighted by Gasteiger charge is 2.61. The lowest BCUT2D eigenvalue weighted by Crippen LogP contribution is -2.43. The zero-order valence-electron chi connectivity index (χ0n) is 15.7. The molecule has 2 aliphatic heterocycles. The van der Waals surface area contributed by atoms with Crippen molar-refractivity contribution in [1.29, 1.82) is 0 Å². The molecular weight excluding hydrogens is 397 g/mol. The van der Waals surface area contributed by atoms with E-state index in [-0.39, 0.29) is 11.4 Å². The molecule has 4 rings (SSSR count). The van der Waals surface area contributed by atoms with Crippen LogP contribution in [0.4, 0.5) is 15.8 Å². The van der Waals surface area contributed by atoms with Crippen molar-refractivity contribution in [3.63, 3.8) is 0 Å². The lowest BCUT2D eigenvalue weighted by atomic mass is 9.86. The predicted molar refractivity (Wildman–Crippen MR) is 101 cm³/mol. The van der Waals surface area contributed by atoms with Crippen molar-refractivity contribution in [3.05, 3.63) is 70.0 Å². The van der Waals surface area contributed by atoms with Crippen LogP contribution in [0, 0.1) is 27.8 Å². The van der Waals surface area contributed by atoms with Gasteiger partial charge in [0.2, 0.25) is 11.8 Å². The normalized spacial score (nSPS) is 25.3. The van der Waals surface area contributed by atoms with Crippen molar-refractivity contribution in [2.75, 3.05) is 12.0 Å². The quantitative estimate of drug-likeness (QED) is 0.351. The van der Waals surface area contributed by atoms with Gasteiger partial charge in [0.1, 0.15) is 11.9 Å². The number of ether oxygens (including phenoxy) is 1. The van der Waals surface area contributed by atoms with Gasteiger partial charge in [0.15, 0.2) is 0 Å². The standard InChI is InChI=1S/C20H16FN3O6/c1-30-20(27)17-15-14(16(22-17)10-2-6-13(7-3-10)24(28)29)18(25)23(19(15)26)12-8-4-11(21)5-9-12/h2-9,14-17,22H,1H3/t14-,15+,16-,17-/m1/s1. The highest BCUT2D eigenvalue weighted by Crippen LogP contribution is 2.45. The van der Waals surface area contributed by atoms with E-state index in [1.165, 1.54) is 43.5 Å².